The lowest BCUT2D eigenvalue weighted by Gasteiger charge is -2.30. The fourth-order valence-corrected chi connectivity index (χ4v) is 2.45. The van der Waals surface area contributed by atoms with Crippen LogP contribution in [0.5, 0.6) is 0 Å². The van der Waals surface area contributed by atoms with Crippen LogP contribution in [0.4, 0.5) is 0 Å². The summed E-state index contributed by atoms with van der Waals surface area (Å²) in [4.78, 5) is 0. The van der Waals surface area contributed by atoms with Crippen LogP contribution in [0.3, 0.4) is 0 Å². The molecule has 2 unspecified atom stereocenters. The van der Waals surface area contributed by atoms with E-state index in [0.29, 0.717) is 0 Å². The minimum atomic E-state index is 0.113. The van der Waals surface area contributed by atoms with Crippen LogP contribution in [-0.2, 0) is 11.2 Å². The first-order valence-corrected chi connectivity index (χ1v) is 6.51. The predicted octanol–water partition coefficient (Wildman–Crippen LogP) is 2.32. The standard InChI is InChI=1S/C14H22N2O/c1-2-11-6-5-7-12(10-11)14(16-15)13-8-3-4-9-17-13/h5-7,10,13-14,16H,2-4,8-9,15H2,1H3. The highest BCUT2D eigenvalue weighted by molar-refractivity contribution is 5.26. The van der Waals surface area contributed by atoms with Crippen LogP contribution in [0.2, 0.25) is 0 Å². The van der Waals surface area contributed by atoms with Gasteiger partial charge in [-0.3, -0.25) is 11.3 Å². The molecule has 1 aliphatic heterocycles. The maximum atomic E-state index is 5.82. The minimum absolute atomic E-state index is 0.113. The van der Waals surface area contributed by atoms with E-state index in [2.05, 4.69) is 36.6 Å². The quantitative estimate of drug-likeness (QED) is 0.621. The molecular formula is C14H22N2O. The second-order valence-corrected chi connectivity index (χ2v) is 4.65. The lowest BCUT2D eigenvalue weighted by molar-refractivity contribution is -0.00822. The summed E-state index contributed by atoms with van der Waals surface area (Å²) in [6, 6.07) is 8.71. The summed E-state index contributed by atoms with van der Waals surface area (Å²) in [7, 11) is 0. The number of nitrogens with one attached hydrogen (secondary N) is 1. The highest BCUT2D eigenvalue weighted by Gasteiger charge is 2.24. The molecule has 1 saturated heterocycles. The molecule has 3 N–H and O–H groups in total. The van der Waals surface area contributed by atoms with Crippen LogP contribution >= 0.6 is 0 Å². The van der Waals surface area contributed by atoms with E-state index >= 15 is 0 Å². The molecule has 0 spiro atoms. The van der Waals surface area contributed by atoms with Crippen LogP contribution in [0.25, 0.3) is 0 Å². The van der Waals surface area contributed by atoms with Gasteiger partial charge in [-0.15, -0.1) is 0 Å². The summed E-state index contributed by atoms with van der Waals surface area (Å²) in [6.07, 6.45) is 4.75. The summed E-state index contributed by atoms with van der Waals surface area (Å²) in [5.74, 6) is 5.70. The molecule has 0 amide bonds. The Morgan fingerprint density at radius 3 is 3.00 bits per heavy atom. The van der Waals surface area contributed by atoms with Crippen molar-refractivity contribution in [3.63, 3.8) is 0 Å². The third-order valence-electron chi connectivity index (χ3n) is 3.48. The van der Waals surface area contributed by atoms with Crippen molar-refractivity contribution in [1.82, 2.24) is 5.43 Å². The zero-order valence-corrected chi connectivity index (χ0v) is 10.5. The van der Waals surface area contributed by atoms with Gasteiger partial charge in [0.1, 0.15) is 0 Å². The molecule has 0 bridgehead atoms. The van der Waals surface area contributed by atoms with Gasteiger partial charge in [0.2, 0.25) is 0 Å². The molecule has 94 valence electrons. The zero-order chi connectivity index (χ0) is 12.1. The Kier molecular flexibility index (Phi) is 4.54. The molecule has 1 aromatic carbocycles. The molecule has 3 nitrogen and oxygen atoms in total. The first-order chi connectivity index (χ1) is 8.35. The maximum absolute atomic E-state index is 5.82. The Morgan fingerprint density at radius 2 is 2.35 bits per heavy atom. The Bertz CT molecular complexity index is 348. The smallest absolute Gasteiger partial charge is 0.0782 e. The number of hydrogen-bond acceptors (Lipinski definition) is 3. The molecule has 0 aliphatic carbocycles. The molecule has 0 radical (unpaired) electrons. The van der Waals surface area contributed by atoms with Crippen LogP contribution in [0.1, 0.15) is 43.4 Å². The van der Waals surface area contributed by atoms with Crippen LogP contribution in [0, 0.1) is 0 Å². The van der Waals surface area contributed by atoms with Crippen molar-refractivity contribution in [1.29, 1.82) is 0 Å². The molecule has 1 heterocycles. The first kappa shape index (κ1) is 12.6. The predicted molar refractivity (Wildman–Crippen MR) is 69.5 cm³/mol. The Balaban J connectivity index is 2.15. The van der Waals surface area contributed by atoms with E-state index in [4.69, 9.17) is 10.6 Å². The molecule has 1 fully saturated rings. The lowest BCUT2D eigenvalue weighted by Crippen LogP contribution is -2.39. The van der Waals surface area contributed by atoms with Crippen molar-refractivity contribution < 1.29 is 4.74 Å². The van der Waals surface area contributed by atoms with E-state index < -0.39 is 0 Å². The molecule has 1 aliphatic rings. The second kappa shape index (κ2) is 6.15. The number of hydrogen-bond donors (Lipinski definition) is 2. The summed E-state index contributed by atoms with van der Waals surface area (Å²) >= 11 is 0. The van der Waals surface area contributed by atoms with Gasteiger partial charge in [0.25, 0.3) is 0 Å². The molecular weight excluding hydrogens is 212 g/mol. The van der Waals surface area contributed by atoms with Gasteiger partial charge in [0, 0.05) is 6.61 Å². The van der Waals surface area contributed by atoms with Gasteiger partial charge in [0.05, 0.1) is 12.1 Å². The Hall–Kier alpha value is -0.900. The van der Waals surface area contributed by atoms with Crippen molar-refractivity contribution in [2.75, 3.05) is 6.61 Å². The number of rotatable bonds is 4. The average Bonchev–Trinajstić information content (AvgIpc) is 2.41. The molecule has 2 rings (SSSR count). The van der Waals surface area contributed by atoms with E-state index in [1.807, 2.05) is 0 Å². The summed E-state index contributed by atoms with van der Waals surface area (Å²) in [5.41, 5.74) is 5.50. The first-order valence-electron chi connectivity index (χ1n) is 6.51. The monoisotopic (exact) mass is 234 g/mol. The average molecular weight is 234 g/mol. The summed E-state index contributed by atoms with van der Waals surface area (Å²) < 4.78 is 5.82. The van der Waals surface area contributed by atoms with E-state index in [0.717, 1.165) is 19.4 Å². The van der Waals surface area contributed by atoms with E-state index in [1.54, 1.807) is 0 Å². The largest absolute Gasteiger partial charge is 0.376 e. The summed E-state index contributed by atoms with van der Waals surface area (Å²) in [6.45, 7) is 3.03. The molecule has 0 aromatic heterocycles. The Morgan fingerprint density at radius 1 is 1.47 bits per heavy atom. The van der Waals surface area contributed by atoms with Gasteiger partial charge in [-0.1, -0.05) is 31.2 Å². The number of aryl methyl sites for hydroxylation is 1. The normalized spacial score (nSPS) is 22.4. The van der Waals surface area contributed by atoms with Crippen LogP contribution in [-0.4, -0.2) is 12.7 Å². The van der Waals surface area contributed by atoms with Crippen molar-refractivity contribution in [3.05, 3.63) is 35.4 Å². The second-order valence-electron chi connectivity index (χ2n) is 4.65. The zero-order valence-electron chi connectivity index (χ0n) is 10.5. The molecule has 1 aromatic rings. The van der Waals surface area contributed by atoms with Crippen molar-refractivity contribution >= 4 is 0 Å². The fourth-order valence-electron chi connectivity index (χ4n) is 2.45. The highest BCUT2D eigenvalue weighted by atomic mass is 16.5. The Labute approximate surface area is 103 Å². The third-order valence-corrected chi connectivity index (χ3v) is 3.48. The van der Waals surface area contributed by atoms with E-state index in [-0.39, 0.29) is 12.1 Å². The lowest BCUT2D eigenvalue weighted by atomic mass is 9.95. The number of ether oxygens (including phenoxy) is 1. The van der Waals surface area contributed by atoms with Crippen LogP contribution in [0.15, 0.2) is 24.3 Å². The van der Waals surface area contributed by atoms with Gasteiger partial charge in [0.15, 0.2) is 0 Å². The van der Waals surface area contributed by atoms with Gasteiger partial charge < -0.3 is 4.74 Å². The maximum Gasteiger partial charge on any atom is 0.0782 e. The topological polar surface area (TPSA) is 47.3 Å². The number of hydrazine groups is 1. The number of nitrogens with two attached hydrogens (primary N) is 1. The van der Waals surface area contributed by atoms with Gasteiger partial charge >= 0.3 is 0 Å². The minimum Gasteiger partial charge on any atom is -0.376 e. The van der Waals surface area contributed by atoms with E-state index in [1.165, 1.54) is 24.0 Å². The summed E-state index contributed by atoms with van der Waals surface area (Å²) in [5, 5.41) is 0. The van der Waals surface area contributed by atoms with Gasteiger partial charge in [-0.2, -0.15) is 0 Å². The van der Waals surface area contributed by atoms with Gasteiger partial charge in [-0.25, -0.2) is 0 Å². The molecule has 0 saturated carbocycles. The van der Waals surface area contributed by atoms with E-state index in [9.17, 15) is 0 Å². The third kappa shape index (κ3) is 3.06. The highest BCUT2D eigenvalue weighted by Crippen LogP contribution is 2.26. The SMILES string of the molecule is CCc1cccc(C(NN)C2CCCCO2)c1. The van der Waals surface area contributed by atoms with Crippen LogP contribution < -0.4 is 11.3 Å². The molecule has 2 atom stereocenters. The molecule has 3 heteroatoms. The number of benzene rings is 1. The van der Waals surface area contributed by atoms with Crippen molar-refractivity contribution in [2.24, 2.45) is 5.84 Å². The van der Waals surface area contributed by atoms with Crippen molar-refractivity contribution in [3.8, 4) is 0 Å². The molecule has 17 heavy (non-hydrogen) atoms. The fraction of sp³-hybridized carbons (Fsp3) is 0.571. The van der Waals surface area contributed by atoms with Gasteiger partial charge in [-0.05, 0) is 36.8 Å². The van der Waals surface area contributed by atoms with Crippen molar-refractivity contribution in [2.45, 2.75) is 44.8 Å².